The zero-order valence-corrected chi connectivity index (χ0v) is 53.7. The lowest BCUT2D eigenvalue weighted by Crippen LogP contribution is -2.40. The van der Waals surface area contributed by atoms with Crippen LogP contribution in [0.4, 0.5) is 0 Å². The van der Waals surface area contributed by atoms with Crippen LogP contribution in [0.1, 0.15) is 194 Å². The lowest BCUT2D eigenvalue weighted by atomic mass is 10.1. The predicted molar refractivity (Wildman–Crippen MR) is 363 cm³/mol. The first-order valence-corrected chi connectivity index (χ1v) is 32.2. The lowest BCUT2D eigenvalue weighted by molar-refractivity contribution is -0.870. The number of aliphatic carboxylic acids is 1. The van der Waals surface area contributed by atoms with Crippen molar-refractivity contribution in [3.8, 4) is 0 Å². The third-order valence-electron chi connectivity index (χ3n) is 12.5. The topological polar surface area (TPSA) is 108 Å². The van der Waals surface area contributed by atoms with Gasteiger partial charge in [0, 0.05) is 12.8 Å². The van der Waals surface area contributed by atoms with Gasteiger partial charge in [0.15, 0.2) is 6.10 Å². The molecular weight excluding hydrogens is 1050 g/mol. The highest BCUT2D eigenvalue weighted by Gasteiger charge is 2.25. The van der Waals surface area contributed by atoms with E-state index < -0.39 is 30.3 Å². The van der Waals surface area contributed by atoms with E-state index in [-0.39, 0.29) is 32.7 Å². The molecule has 0 aliphatic heterocycles. The molecule has 0 aromatic rings. The lowest BCUT2D eigenvalue weighted by Gasteiger charge is -2.25. The molecule has 2 unspecified atom stereocenters. The van der Waals surface area contributed by atoms with Crippen molar-refractivity contribution < 1.29 is 42.9 Å². The second-order valence-corrected chi connectivity index (χ2v) is 21.6. The number of carboxylic acid groups (broad SMARTS) is 1. The van der Waals surface area contributed by atoms with Crippen LogP contribution in [-0.2, 0) is 33.3 Å². The number of ether oxygens (including phenoxy) is 4. The number of allylic oxidation sites excluding steroid dienone is 34. The standard InChI is InChI=1S/C76H115NO8/c1-6-8-10-12-14-16-18-20-22-24-26-27-28-29-30-31-32-33-34-35-36-37-38-39-40-41-42-43-44-45-46-47-49-51-53-55-57-59-61-63-65-67-74(79)85-72(71-84-76(75(80)81)82-69-68-77(3,4)5)70-83-73(78)66-64-62-60-58-56-54-52-50-48-25-23-21-19-17-15-13-11-9-7-2/h8-11,14-17,20-23,26-27,29-30,32-33,35-36,38-39,41-42,44-45,47-50,53-56,72,76H,6-7,12-13,18-19,24-25,28,31,34,37,40,43,46,51-52,57-71H2,1-5H3/p+1/b10-8-,11-9-,16-14-,17-15-,22-20-,23-21-,27-26-,30-29-,33-32-,36-35-,39-38-,42-41-,45-44-,49-47-,50-48-,55-53-,56-54-. The fraction of sp³-hybridized carbons (Fsp3) is 0.513. The molecule has 0 radical (unpaired) electrons. The molecule has 9 heteroatoms. The average molecular weight is 1170 g/mol. The van der Waals surface area contributed by atoms with E-state index in [0.29, 0.717) is 23.9 Å². The summed E-state index contributed by atoms with van der Waals surface area (Å²) < 4.78 is 22.8. The summed E-state index contributed by atoms with van der Waals surface area (Å²) in [5, 5.41) is 9.72. The van der Waals surface area contributed by atoms with Gasteiger partial charge in [-0.25, -0.2) is 4.79 Å². The number of likely N-dealkylation sites (N-methyl/N-ethyl adjacent to an activating group) is 1. The minimum atomic E-state index is -1.54. The maximum absolute atomic E-state index is 12.9. The third-order valence-corrected chi connectivity index (χ3v) is 12.5. The molecule has 0 heterocycles. The summed E-state index contributed by atoms with van der Waals surface area (Å²) in [6, 6.07) is 0. The van der Waals surface area contributed by atoms with Crippen molar-refractivity contribution in [3.05, 3.63) is 207 Å². The quantitative estimate of drug-likeness (QED) is 0.0211. The Morgan fingerprint density at radius 3 is 0.941 bits per heavy atom. The first kappa shape index (κ1) is 78.9. The van der Waals surface area contributed by atoms with Crippen molar-refractivity contribution in [1.29, 1.82) is 0 Å². The molecule has 9 nitrogen and oxygen atoms in total. The van der Waals surface area contributed by atoms with E-state index in [0.717, 1.165) is 154 Å². The summed E-state index contributed by atoms with van der Waals surface area (Å²) >= 11 is 0. The molecule has 472 valence electrons. The van der Waals surface area contributed by atoms with Crippen LogP contribution < -0.4 is 0 Å². The maximum atomic E-state index is 12.9. The van der Waals surface area contributed by atoms with Gasteiger partial charge in [-0.3, -0.25) is 9.59 Å². The van der Waals surface area contributed by atoms with E-state index in [1.165, 1.54) is 0 Å². The van der Waals surface area contributed by atoms with Crippen LogP contribution in [0.25, 0.3) is 0 Å². The third kappa shape index (κ3) is 65.3. The van der Waals surface area contributed by atoms with Gasteiger partial charge in [0.2, 0.25) is 0 Å². The molecule has 0 aliphatic carbocycles. The maximum Gasteiger partial charge on any atom is 0.361 e. The fourth-order valence-electron chi connectivity index (χ4n) is 7.67. The number of carboxylic acids is 1. The van der Waals surface area contributed by atoms with Gasteiger partial charge >= 0.3 is 17.9 Å². The van der Waals surface area contributed by atoms with Gasteiger partial charge in [-0.1, -0.05) is 240 Å². The Labute approximate surface area is 518 Å². The van der Waals surface area contributed by atoms with E-state index in [4.69, 9.17) is 18.9 Å². The Morgan fingerprint density at radius 1 is 0.353 bits per heavy atom. The summed E-state index contributed by atoms with van der Waals surface area (Å²) in [6.45, 7) is 4.53. The number of hydrogen-bond acceptors (Lipinski definition) is 7. The molecular formula is C76H116NO8+. The molecule has 0 amide bonds. The van der Waals surface area contributed by atoms with Gasteiger partial charge in [0.25, 0.3) is 6.29 Å². The number of carbonyl (C=O) groups excluding carboxylic acids is 2. The highest BCUT2D eigenvalue weighted by molar-refractivity contribution is 5.71. The highest BCUT2D eigenvalue weighted by atomic mass is 16.7. The smallest absolute Gasteiger partial charge is 0.361 e. The van der Waals surface area contributed by atoms with E-state index in [1.807, 2.05) is 21.1 Å². The summed E-state index contributed by atoms with van der Waals surface area (Å²) in [5.74, 6) is -2.11. The fourth-order valence-corrected chi connectivity index (χ4v) is 7.67. The molecule has 0 spiro atoms. The van der Waals surface area contributed by atoms with Crippen LogP contribution in [0.3, 0.4) is 0 Å². The second-order valence-electron chi connectivity index (χ2n) is 21.6. The zero-order chi connectivity index (χ0) is 61.9. The summed E-state index contributed by atoms with van der Waals surface area (Å²) in [6.07, 6.45) is 97.8. The minimum absolute atomic E-state index is 0.164. The zero-order valence-electron chi connectivity index (χ0n) is 53.7. The van der Waals surface area contributed by atoms with E-state index in [9.17, 15) is 19.5 Å². The van der Waals surface area contributed by atoms with Crippen molar-refractivity contribution in [2.75, 3.05) is 47.5 Å². The normalized spacial score (nSPS) is 14.1. The van der Waals surface area contributed by atoms with E-state index >= 15 is 0 Å². The van der Waals surface area contributed by atoms with Crippen molar-refractivity contribution in [2.24, 2.45) is 0 Å². The number of unbranched alkanes of at least 4 members (excludes halogenated alkanes) is 7. The molecule has 0 saturated heterocycles. The molecule has 85 heavy (non-hydrogen) atoms. The van der Waals surface area contributed by atoms with Gasteiger partial charge in [0.1, 0.15) is 13.2 Å². The van der Waals surface area contributed by atoms with Gasteiger partial charge in [-0.2, -0.15) is 0 Å². The molecule has 0 rings (SSSR count). The molecule has 2 atom stereocenters. The highest BCUT2D eigenvalue weighted by Crippen LogP contribution is 2.12. The Bertz CT molecular complexity index is 2140. The van der Waals surface area contributed by atoms with Crippen LogP contribution in [0.5, 0.6) is 0 Å². The number of esters is 2. The van der Waals surface area contributed by atoms with Crippen molar-refractivity contribution in [2.45, 2.75) is 206 Å². The SMILES string of the molecule is CC/C=C\C/C=C\C/C=C\C/C=C\C/C=C\C/C=C\C/C=C\C/C=C\C/C=C\C/C=C\C/C=C\C/C=C\CCCCCCC(=O)OC(COC(=O)CCCCC/C=C\C/C=C\C/C=C\C/C=C\C/C=C\CC)COC(OCC[N+](C)(C)C)C(=O)O. The summed E-state index contributed by atoms with van der Waals surface area (Å²) in [7, 11) is 5.93. The molecule has 0 aromatic carbocycles. The molecule has 0 saturated carbocycles. The molecule has 0 fully saturated rings. The Hall–Kier alpha value is -6.13. The average Bonchev–Trinajstić information content (AvgIpc) is 3.49. The van der Waals surface area contributed by atoms with Crippen molar-refractivity contribution in [1.82, 2.24) is 0 Å². The largest absolute Gasteiger partial charge is 0.477 e. The molecule has 1 N–H and O–H groups in total. The molecule has 0 bridgehead atoms. The summed E-state index contributed by atoms with van der Waals surface area (Å²) in [5.41, 5.74) is 0. The number of rotatable bonds is 56. The van der Waals surface area contributed by atoms with Crippen molar-refractivity contribution in [3.63, 3.8) is 0 Å². The number of nitrogens with zero attached hydrogens (tertiary/aromatic N) is 1. The Balaban J connectivity index is 4.31. The summed E-state index contributed by atoms with van der Waals surface area (Å²) in [4.78, 5) is 37.5. The second kappa shape index (κ2) is 63.9. The van der Waals surface area contributed by atoms with Gasteiger partial charge in [0.05, 0.1) is 34.4 Å². The van der Waals surface area contributed by atoms with Crippen LogP contribution in [0.2, 0.25) is 0 Å². The van der Waals surface area contributed by atoms with Crippen molar-refractivity contribution >= 4 is 17.9 Å². The van der Waals surface area contributed by atoms with Crippen LogP contribution in [-0.4, -0.2) is 87.4 Å². The number of quaternary nitrogens is 1. The predicted octanol–water partition coefficient (Wildman–Crippen LogP) is 20.0. The minimum Gasteiger partial charge on any atom is -0.477 e. The first-order valence-electron chi connectivity index (χ1n) is 32.2. The Kier molecular flexibility index (Phi) is 59.3. The van der Waals surface area contributed by atoms with Crippen LogP contribution in [0, 0.1) is 0 Å². The number of carbonyl (C=O) groups is 3. The van der Waals surface area contributed by atoms with Gasteiger partial charge in [-0.05, 0) is 148 Å². The first-order chi connectivity index (χ1) is 41.6. The molecule has 0 aromatic heterocycles. The Morgan fingerprint density at radius 2 is 0.635 bits per heavy atom. The van der Waals surface area contributed by atoms with Gasteiger partial charge in [-0.15, -0.1) is 0 Å². The van der Waals surface area contributed by atoms with E-state index in [2.05, 4.69) is 220 Å². The molecule has 0 aliphatic rings. The van der Waals surface area contributed by atoms with Crippen LogP contribution in [0.15, 0.2) is 207 Å². The monoisotopic (exact) mass is 1170 g/mol. The number of hydrogen-bond donors (Lipinski definition) is 1. The van der Waals surface area contributed by atoms with E-state index in [1.54, 1.807) is 0 Å². The van der Waals surface area contributed by atoms with Gasteiger partial charge < -0.3 is 28.5 Å². The van der Waals surface area contributed by atoms with Crippen LogP contribution >= 0.6 is 0 Å².